The summed E-state index contributed by atoms with van der Waals surface area (Å²) in [5, 5.41) is 23.9. The number of amides is 1. The summed E-state index contributed by atoms with van der Waals surface area (Å²) in [4.78, 5) is 27.9. The number of carbonyl (C=O) groups is 1. The number of ether oxygens (including phenoxy) is 1. The predicted molar refractivity (Wildman–Crippen MR) is 122 cm³/mol. The van der Waals surface area contributed by atoms with Gasteiger partial charge in [0.2, 0.25) is 5.91 Å². The second kappa shape index (κ2) is 9.28. The van der Waals surface area contributed by atoms with Crippen LogP contribution in [0.4, 0.5) is 5.69 Å². The Bertz CT molecular complexity index is 1220. The summed E-state index contributed by atoms with van der Waals surface area (Å²) in [6.45, 7) is 5.42. The molecule has 1 amide bonds. The van der Waals surface area contributed by atoms with E-state index in [0.717, 1.165) is 0 Å². The molecule has 0 unspecified atom stereocenters. The van der Waals surface area contributed by atoms with E-state index in [9.17, 15) is 20.2 Å². The van der Waals surface area contributed by atoms with Gasteiger partial charge >= 0.3 is 0 Å². The van der Waals surface area contributed by atoms with E-state index in [4.69, 9.17) is 4.74 Å². The smallest absolute Gasteiger partial charge is 0.271 e. The molecule has 32 heavy (non-hydrogen) atoms. The van der Waals surface area contributed by atoms with Crippen molar-refractivity contribution in [3.8, 4) is 17.5 Å². The highest BCUT2D eigenvalue weighted by Crippen LogP contribution is 2.33. The van der Waals surface area contributed by atoms with Crippen LogP contribution in [0.1, 0.15) is 20.8 Å². The van der Waals surface area contributed by atoms with Crippen molar-refractivity contribution in [2.45, 2.75) is 31.5 Å². The molecule has 3 rings (SSSR count). The highest BCUT2D eigenvalue weighted by atomic mass is 32.2. The van der Waals surface area contributed by atoms with Gasteiger partial charge in [0.25, 0.3) is 5.69 Å². The Morgan fingerprint density at radius 2 is 2.09 bits per heavy atom. The Kier molecular flexibility index (Phi) is 6.69. The molecule has 0 aliphatic rings. The molecule has 0 spiro atoms. The Hall–Kier alpha value is -3.58. The van der Waals surface area contributed by atoms with Gasteiger partial charge in [0.05, 0.1) is 40.6 Å². The number of non-ortho nitro benzene ring substituents is 1. The molecule has 2 aromatic carbocycles. The van der Waals surface area contributed by atoms with E-state index in [2.05, 4.69) is 16.4 Å². The lowest BCUT2D eigenvalue weighted by Gasteiger charge is -2.27. The van der Waals surface area contributed by atoms with Gasteiger partial charge in [-0.1, -0.05) is 37.7 Å². The number of nitriles is 1. The molecule has 0 radical (unpaired) electrons. The zero-order chi connectivity index (χ0) is 23.5. The molecule has 0 saturated carbocycles. The highest BCUT2D eigenvalue weighted by molar-refractivity contribution is 7.99. The molecule has 1 N–H and O–H groups in total. The fraction of sp³-hybridized carbons (Fsp3) is 0.318. The van der Waals surface area contributed by atoms with Crippen molar-refractivity contribution in [3.05, 3.63) is 52.6 Å². The molecule has 3 aromatic rings. The number of thioether (sulfide) groups is 1. The third-order valence-corrected chi connectivity index (χ3v) is 6.20. The number of nitrogens with one attached hydrogen (secondary N) is 1. The third kappa shape index (κ3) is 4.53. The van der Waals surface area contributed by atoms with Gasteiger partial charge in [-0.3, -0.25) is 19.5 Å². The van der Waals surface area contributed by atoms with Gasteiger partial charge in [-0.05, 0) is 31.0 Å². The first-order valence-electron chi connectivity index (χ1n) is 9.85. The van der Waals surface area contributed by atoms with Crippen molar-refractivity contribution in [2.75, 3.05) is 12.9 Å². The Morgan fingerprint density at radius 1 is 1.38 bits per heavy atom. The molecule has 166 valence electrons. The van der Waals surface area contributed by atoms with Crippen molar-refractivity contribution in [2.24, 2.45) is 5.92 Å². The normalized spacial score (nSPS) is 12.9. The van der Waals surface area contributed by atoms with Crippen LogP contribution in [0.5, 0.6) is 5.75 Å². The van der Waals surface area contributed by atoms with Gasteiger partial charge in [-0.15, -0.1) is 0 Å². The maximum Gasteiger partial charge on any atom is 0.271 e. The van der Waals surface area contributed by atoms with Crippen molar-refractivity contribution in [1.82, 2.24) is 14.9 Å². The van der Waals surface area contributed by atoms with Crippen LogP contribution in [0.15, 0.2) is 47.6 Å². The third-order valence-electron chi connectivity index (χ3n) is 5.26. The topological polar surface area (TPSA) is 123 Å². The Balaban J connectivity index is 2.01. The lowest BCUT2D eigenvalue weighted by Crippen LogP contribution is -2.49. The van der Waals surface area contributed by atoms with Crippen LogP contribution in [0.3, 0.4) is 0 Å². The lowest BCUT2D eigenvalue weighted by atomic mass is 9.90. The summed E-state index contributed by atoms with van der Waals surface area (Å²) in [6.07, 6.45) is 0. The van der Waals surface area contributed by atoms with E-state index in [1.807, 2.05) is 36.6 Å². The number of carbonyl (C=O) groups excluding carboxylic acids is 1. The fourth-order valence-electron chi connectivity index (χ4n) is 3.06. The minimum absolute atomic E-state index is 0.0184. The number of methoxy groups -OCH3 is 1. The van der Waals surface area contributed by atoms with E-state index in [1.165, 1.54) is 23.9 Å². The Labute approximate surface area is 189 Å². The molecule has 1 aromatic heterocycles. The van der Waals surface area contributed by atoms with Gasteiger partial charge in [0, 0.05) is 12.1 Å². The predicted octanol–water partition coefficient (Wildman–Crippen LogP) is 4.09. The van der Waals surface area contributed by atoms with Crippen LogP contribution in [0, 0.1) is 27.4 Å². The number of aromatic nitrogens is 2. The van der Waals surface area contributed by atoms with E-state index in [0.29, 0.717) is 27.6 Å². The average molecular weight is 454 g/mol. The highest BCUT2D eigenvalue weighted by Gasteiger charge is 2.30. The first-order valence-corrected chi connectivity index (χ1v) is 10.8. The molecule has 0 saturated heterocycles. The first-order chi connectivity index (χ1) is 15.2. The summed E-state index contributed by atoms with van der Waals surface area (Å²) in [7, 11) is 1.55. The van der Waals surface area contributed by atoms with E-state index in [-0.39, 0.29) is 23.3 Å². The fourth-order valence-corrected chi connectivity index (χ4v) is 3.88. The summed E-state index contributed by atoms with van der Waals surface area (Å²) in [5.74, 6) is 0.232. The van der Waals surface area contributed by atoms with Crippen molar-refractivity contribution < 1.29 is 14.5 Å². The van der Waals surface area contributed by atoms with Crippen LogP contribution >= 0.6 is 11.8 Å². The zero-order valence-electron chi connectivity index (χ0n) is 18.2. The van der Waals surface area contributed by atoms with Gasteiger partial charge < -0.3 is 10.1 Å². The maximum absolute atomic E-state index is 12.6. The van der Waals surface area contributed by atoms with Crippen LogP contribution in [0.2, 0.25) is 0 Å². The van der Waals surface area contributed by atoms with E-state index in [1.54, 1.807) is 26.2 Å². The molecule has 9 nitrogen and oxygen atoms in total. The lowest BCUT2D eigenvalue weighted by molar-refractivity contribution is -0.384. The molecule has 0 fully saturated rings. The van der Waals surface area contributed by atoms with Crippen LogP contribution in [-0.4, -0.2) is 38.8 Å². The molecule has 0 aliphatic carbocycles. The number of nitro benzene ring substituents is 1. The number of benzene rings is 2. The van der Waals surface area contributed by atoms with Gasteiger partial charge in [-0.25, -0.2) is 4.98 Å². The molecule has 0 aliphatic heterocycles. The van der Waals surface area contributed by atoms with Crippen molar-refractivity contribution in [3.63, 3.8) is 0 Å². The molecular weight excluding hydrogens is 430 g/mol. The molecule has 0 bridgehead atoms. The quantitative estimate of drug-likeness (QED) is 0.309. The number of fused-ring (bicyclic) bond motifs is 1. The maximum atomic E-state index is 12.6. The number of hydrogen-bond acceptors (Lipinski definition) is 7. The van der Waals surface area contributed by atoms with Crippen LogP contribution in [0.25, 0.3) is 16.7 Å². The van der Waals surface area contributed by atoms with Gasteiger partial charge in [0.15, 0.2) is 5.16 Å². The summed E-state index contributed by atoms with van der Waals surface area (Å²) in [6, 6.07) is 13.9. The number of rotatable bonds is 8. The standard InChI is InChI=1S/C22H23N5O4S/c1-14(2)22(3,13-23)25-20(28)12-32-21-24-16-11-15(27(29)30)9-10-17(16)26(21)18-7-5-6-8-19(18)31-4/h5-11,14H,12H2,1-4H3,(H,25,28)/t22-/m1/s1. The number of nitro groups is 1. The van der Waals surface area contributed by atoms with Crippen LogP contribution in [-0.2, 0) is 4.79 Å². The minimum Gasteiger partial charge on any atom is -0.495 e. The van der Waals surface area contributed by atoms with Gasteiger partial charge in [-0.2, -0.15) is 5.26 Å². The Morgan fingerprint density at radius 3 is 2.72 bits per heavy atom. The minimum atomic E-state index is -0.985. The van der Waals surface area contributed by atoms with Gasteiger partial charge in [0.1, 0.15) is 11.3 Å². The number of hydrogen-bond donors (Lipinski definition) is 1. The van der Waals surface area contributed by atoms with Crippen LogP contribution < -0.4 is 10.1 Å². The van der Waals surface area contributed by atoms with E-state index < -0.39 is 10.5 Å². The largest absolute Gasteiger partial charge is 0.495 e. The molecule has 10 heteroatoms. The summed E-state index contributed by atoms with van der Waals surface area (Å²) < 4.78 is 7.29. The van der Waals surface area contributed by atoms with Crippen molar-refractivity contribution in [1.29, 1.82) is 5.26 Å². The molecule has 1 heterocycles. The monoisotopic (exact) mass is 453 g/mol. The number of nitrogens with zero attached hydrogens (tertiary/aromatic N) is 4. The summed E-state index contributed by atoms with van der Waals surface area (Å²) in [5.41, 5.74) is 0.710. The summed E-state index contributed by atoms with van der Waals surface area (Å²) >= 11 is 1.18. The van der Waals surface area contributed by atoms with Crippen molar-refractivity contribution >= 4 is 34.4 Å². The number of imidazole rings is 1. The SMILES string of the molecule is COc1ccccc1-n1c(SCC(=O)N[C@](C)(C#N)C(C)C)nc2cc([N+](=O)[O-])ccc21. The second-order valence-electron chi connectivity index (χ2n) is 7.64. The number of para-hydroxylation sites is 2. The van der Waals surface area contributed by atoms with E-state index >= 15 is 0 Å². The zero-order valence-corrected chi connectivity index (χ0v) is 19.0. The molecular formula is C22H23N5O4S. The molecule has 1 atom stereocenters. The first kappa shape index (κ1) is 23.1. The average Bonchev–Trinajstić information content (AvgIpc) is 3.14. The second-order valence-corrected chi connectivity index (χ2v) is 8.58.